The van der Waals surface area contributed by atoms with Crippen LogP contribution >= 0.6 is 22.9 Å². The van der Waals surface area contributed by atoms with Crippen LogP contribution in [0.5, 0.6) is 5.75 Å². The summed E-state index contributed by atoms with van der Waals surface area (Å²) >= 11 is 8.12. The zero-order chi connectivity index (χ0) is 27.0. The summed E-state index contributed by atoms with van der Waals surface area (Å²) in [6.45, 7) is 1.84. The number of benzene rings is 2. The maximum absolute atomic E-state index is 13.2. The normalized spacial score (nSPS) is 17.3. The molecule has 0 bridgehead atoms. The van der Waals surface area contributed by atoms with Gasteiger partial charge in [0.2, 0.25) is 10.0 Å². The van der Waals surface area contributed by atoms with Gasteiger partial charge in [-0.1, -0.05) is 29.8 Å². The number of nitrogens with zero attached hydrogens (tertiary/aromatic N) is 2. The summed E-state index contributed by atoms with van der Waals surface area (Å²) in [4.78, 5) is 20.9. The number of pyridine rings is 1. The van der Waals surface area contributed by atoms with E-state index in [0.29, 0.717) is 23.6 Å². The van der Waals surface area contributed by atoms with Crippen LogP contribution in [0, 0.1) is 0 Å². The Bertz CT molecular complexity index is 1630. The van der Waals surface area contributed by atoms with Crippen molar-refractivity contribution in [3.63, 3.8) is 0 Å². The Labute approximate surface area is 236 Å². The number of rotatable bonds is 7. The first-order valence-corrected chi connectivity index (χ1v) is 15.8. The highest BCUT2D eigenvalue weighted by atomic mass is 35.5. The molecule has 1 fully saturated rings. The van der Waals surface area contributed by atoms with E-state index in [9.17, 15) is 13.2 Å². The van der Waals surface area contributed by atoms with Crippen LogP contribution < -0.4 is 9.46 Å². The van der Waals surface area contributed by atoms with Gasteiger partial charge in [-0.2, -0.15) is 0 Å². The highest BCUT2D eigenvalue weighted by Gasteiger charge is 2.35. The highest BCUT2D eigenvalue weighted by molar-refractivity contribution is 7.89. The second-order valence-electron chi connectivity index (χ2n) is 9.88. The van der Waals surface area contributed by atoms with E-state index in [1.807, 2.05) is 29.2 Å². The topological polar surface area (TPSA) is 88.6 Å². The molecule has 1 amide bonds. The Kier molecular flexibility index (Phi) is 7.33. The molecule has 1 unspecified atom stereocenters. The lowest BCUT2D eigenvalue weighted by atomic mass is 10.0. The third kappa shape index (κ3) is 5.41. The lowest BCUT2D eigenvalue weighted by Crippen LogP contribution is -2.43. The van der Waals surface area contributed by atoms with Gasteiger partial charge in [0.15, 0.2) is 6.10 Å². The summed E-state index contributed by atoms with van der Waals surface area (Å²) < 4.78 is 35.1. The second-order valence-corrected chi connectivity index (χ2v) is 13.2. The number of ether oxygens (including phenoxy) is 1. The molecule has 1 N–H and O–H groups in total. The molecule has 2 aliphatic heterocycles. The average molecular weight is 582 g/mol. The van der Waals surface area contributed by atoms with Crippen molar-refractivity contribution in [1.29, 1.82) is 0 Å². The van der Waals surface area contributed by atoms with Crippen LogP contribution in [0.2, 0.25) is 5.02 Å². The number of hydrogen-bond acceptors (Lipinski definition) is 6. The Morgan fingerprint density at radius 1 is 1.08 bits per heavy atom. The largest absolute Gasteiger partial charge is 0.479 e. The number of fused-ring (bicyclic) bond motifs is 2. The van der Waals surface area contributed by atoms with E-state index in [1.54, 1.807) is 47.9 Å². The van der Waals surface area contributed by atoms with Crippen molar-refractivity contribution in [1.82, 2.24) is 14.6 Å². The predicted octanol–water partition coefficient (Wildman–Crippen LogP) is 5.45. The number of halogens is 1. The number of carbonyl (C=O) groups excluding carboxylic acids is 1. The van der Waals surface area contributed by atoms with E-state index >= 15 is 0 Å². The van der Waals surface area contributed by atoms with Gasteiger partial charge in [0, 0.05) is 58.8 Å². The van der Waals surface area contributed by atoms with Crippen LogP contribution in [0.3, 0.4) is 0 Å². The molecule has 0 aliphatic carbocycles. The quantitative estimate of drug-likeness (QED) is 0.313. The van der Waals surface area contributed by atoms with Crippen LogP contribution in [0.1, 0.15) is 29.7 Å². The number of hydrogen-bond donors (Lipinski definition) is 1. The Morgan fingerprint density at radius 3 is 2.67 bits per heavy atom. The van der Waals surface area contributed by atoms with Gasteiger partial charge in [-0.25, -0.2) is 13.1 Å². The first kappa shape index (κ1) is 26.3. The van der Waals surface area contributed by atoms with E-state index in [2.05, 4.69) is 9.71 Å². The SMILES string of the molecule is O=C(C1Cc2cc(Cl)cc(-c3ccnc4cc(CCNS(=O)(=O)c5ccccc5)sc34)c2O1)N1CCCCC1. The molecule has 4 heterocycles. The third-order valence-electron chi connectivity index (χ3n) is 7.21. The zero-order valence-electron chi connectivity index (χ0n) is 21.2. The zero-order valence-corrected chi connectivity index (χ0v) is 23.6. The maximum atomic E-state index is 13.2. The van der Waals surface area contributed by atoms with E-state index in [1.165, 1.54) is 0 Å². The summed E-state index contributed by atoms with van der Waals surface area (Å²) in [5, 5.41) is 0.593. The number of likely N-dealkylation sites (tertiary alicyclic amines) is 1. The fraction of sp³-hybridized carbons (Fsp3) is 0.310. The minimum absolute atomic E-state index is 0.0456. The number of amides is 1. The van der Waals surface area contributed by atoms with Gasteiger partial charge < -0.3 is 9.64 Å². The van der Waals surface area contributed by atoms with Crippen molar-refractivity contribution in [3.05, 3.63) is 76.3 Å². The Hall–Kier alpha value is -2.98. The van der Waals surface area contributed by atoms with Crippen molar-refractivity contribution in [2.45, 2.75) is 43.1 Å². The van der Waals surface area contributed by atoms with Gasteiger partial charge in [0.1, 0.15) is 5.75 Å². The Balaban J connectivity index is 1.24. The minimum atomic E-state index is -3.57. The van der Waals surface area contributed by atoms with E-state index < -0.39 is 16.1 Å². The molecular formula is C29H28ClN3O4S2. The number of thiophene rings is 1. The predicted molar refractivity (Wildman–Crippen MR) is 154 cm³/mol. The third-order valence-corrected chi connectivity index (χ3v) is 10.1. The number of piperidine rings is 1. The average Bonchev–Trinajstić information content (AvgIpc) is 3.57. The van der Waals surface area contributed by atoms with Crippen molar-refractivity contribution >= 4 is 49.1 Å². The van der Waals surface area contributed by atoms with E-state index in [-0.39, 0.29) is 17.3 Å². The number of sulfonamides is 1. The smallest absolute Gasteiger partial charge is 0.263 e. The van der Waals surface area contributed by atoms with Gasteiger partial charge in [-0.3, -0.25) is 9.78 Å². The van der Waals surface area contributed by atoms with E-state index in [0.717, 1.165) is 64.1 Å². The molecule has 0 spiro atoms. The molecule has 39 heavy (non-hydrogen) atoms. The molecule has 4 aromatic rings. The first-order chi connectivity index (χ1) is 18.9. The molecule has 2 aromatic carbocycles. The lowest BCUT2D eigenvalue weighted by molar-refractivity contribution is -0.138. The molecular weight excluding hydrogens is 554 g/mol. The monoisotopic (exact) mass is 581 g/mol. The van der Waals surface area contributed by atoms with Crippen molar-refractivity contribution < 1.29 is 17.9 Å². The number of aromatic nitrogens is 1. The van der Waals surface area contributed by atoms with Crippen molar-refractivity contribution in [2.24, 2.45) is 0 Å². The summed E-state index contributed by atoms with van der Waals surface area (Å²) in [5.41, 5.74) is 3.54. The second kappa shape index (κ2) is 10.9. The molecule has 1 saturated heterocycles. The summed E-state index contributed by atoms with van der Waals surface area (Å²) in [6, 6.07) is 16.1. The standard InChI is InChI=1S/C29H28ClN3O4S2/c30-20-15-19-16-26(29(34)33-13-5-2-6-14-33)37-27(19)24(17-20)23-10-11-31-25-18-21(38-28(23)25)9-12-32-39(35,36)22-7-3-1-4-8-22/h1,3-4,7-8,10-11,15,17-18,26,32H,2,5-6,9,12-14,16H2. The van der Waals surface area contributed by atoms with Gasteiger partial charge >= 0.3 is 0 Å². The van der Waals surface area contributed by atoms with Crippen LogP contribution in [0.25, 0.3) is 21.3 Å². The molecule has 2 aliphatic rings. The van der Waals surface area contributed by atoms with Crippen molar-refractivity contribution in [2.75, 3.05) is 19.6 Å². The molecule has 7 nitrogen and oxygen atoms in total. The van der Waals surface area contributed by atoms with Gasteiger partial charge in [0.25, 0.3) is 5.91 Å². The summed E-state index contributed by atoms with van der Waals surface area (Å²) in [6.07, 6.45) is 5.48. The van der Waals surface area contributed by atoms with Crippen molar-refractivity contribution in [3.8, 4) is 16.9 Å². The summed E-state index contributed by atoms with van der Waals surface area (Å²) in [7, 11) is -3.57. The van der Waals surface area contributed by atoms with Gasteiger partial charge in [-0.15, -0.1) is 11.3 Å². The number of carbonyl (C=O) groups is 1. The fourth-order valence-corrected chi connectivity index (χ4v) is 7.73. The fourth-order valence-electron chi connectivity index (χ4n) is 5.29. The summed E-state index contributed by atoms with van der Waals surface area (Å²) in [5.74, 6) is 0.747. The van der Waals surface area contributed by atoms with Gasteiger partial charge in [-0.05, 0) is 62.1 Å². The molecule has 202 valence electrons. The molecule has 0 radical (unpaired) electrons. The maximum Gasteiger partial charge on any atom is 0.263 e. The molecule has 10 heteroatoms. The Morgan fingerprint density at radius 2 is 1.87 bits per heavy atom. The minimum Gasteiger partial charge on any atom is -0.479 e. The van der Waals surface area contributed by atoms with Crippen LogP contribution in [-0.4, -0.2) is 49.9 Å². The molecule has 2 aromatic heterocycles. The highest BCUT2D eigenvalue weighted by Crippen LogP contribution is 2.44. The lowest BCUT2D eigenvalue weighted by Gasteiger charge is -2.28. The van der Waals surface area contributed by atoms with Crippen LogP contribution in [-0.2, 0) is 27.7 Å². The molecule has 1 atom stereocenters. The first-order valence-electron chi connectivity index (χ1n) is 13.1. The molecule has 0 saturated carbocycles. The van der Waals surface area contributed by atoms with Crippen LogP contribution in [0.15, 0.2) is 65.7 Å². The number of nitrogens with one attached hydrogen (secondary N) is 1. The molecule has 6 rings (SSSR count). The van der Waals surface area contributed by atoms with E-state index in [4.69, 9.17) is 16.3 Å². The van der Waals surface area contributed by atoms with Crippen LogP contribution in [0.4, 0.5) is 0 Å². The van der Waals surface area contributed by atoms with Gasteiger partial charge in [0.05, 0.1) is 15.1 Å².